The molecule has 0 saturated heterocycles. The Morgan fingerprint density at radius 3 is 2.38 bits per heavy atom. The maximum Gasteiger partial charge on any atom is 0.417 e. The Morgan fingerprint density at radius 2 is 1.76 bits per heavy atom. The number of nitrogens with zero attached hydrogens (tertiary/aromatic N) is 1. The van der Waals surface area contributed by atoms with Crippen LogP contribution in [0.1, 0.15) is 15.9 Å². The van der Waals surface area contributed by atoms with Crippen molar-refractivity contribution in [3.8, 4) is 11.3 Å². The first-order valence-electron chi connectivity index (χ1n) is 8.30. The molecule has 5 nitrogen and oxygen atoms in total. The van der Waals surface area contributed by atoms with E-state index < -0.39 is 32.4 Å². The highest BCUT2D eigenvalue weighted by Crippen LogP contribution is 2.35. The quantitative estimate of drug-likeness (QED) is 0.678. The fourth-order valence-electron chi connectivity index (χ4n) is 2.71. The van der Waals surface area contributed by atoms with Gasteiger partial charge in [0.15, 0.2) is 9.84 Å². The number of pyridine rings is 1. The van der Waals surface area contributed by atoms with Crippen LogP contribution < -0.4 is 5.32 Å². The highest BCUT2D eigenvalue weighted by atomic mass is 32.2. The Hall–Kier alpha value is -3.20. The lowest BCUT2D eigenvalue weighted by molar-refractivity contribution is -0.139. The van der Waals surface area contributed by atoms with Gasteiger partial charge in [-0.3, -0.25) is 9.78 Å². The van der Waals surface area contributed by atoms with Crippen molar-refractivity contribution in [3.63, 3.8) is 0 Å². The first-order chi connectivity index (χ1) is 13.6. The Morgan fingerprint density at radius 1 is 1.00 bits per heavy atom. The second-order valence-corrected chi connectivity index (χ2v) is 8.21. The van der Waals surface area contributed by atoms with Gasteiger partial charge in [-0.15, -0.1) is 0 Å². The summed E-state index contributed by atoms with van der Waals surface area (Å²) in [5.41, 5.74) is 0.0500. The number of amides is 1. The molecule has 0 atom stereocenters. The van der Waals surface area contributed by atoms with E-state index in [0.717, 1.165) is 12.1 Å². The molecule has 1 amide bonds. The molecular weight excluding hydrogens is 405 g/mol. The van der Waals surface area contributed by atoms with Gasteiger partial charge in [-0.2, -0.15) is 13.2 Å². The molecule has 3 rings (SSSR count). The van der Waals surface area contributed by atoms with Crippen molar-refractivity contribution < 1.29 is 26.4 Å². The minimum atomic E-state index is -4.92. The summed E-state index contributed by atoms with van der Waals surface area (Å²) in [5.74, 6) is -0.797. The number of sulfone groups is 1. The van der Waals surface area contributed by atoms with E-state index in [0.29, 0.717) is 29.3 Å². The molecule has 0 saturated carbocycles. The molecule has 1 heterocycles. The van der Waals surface area contributed by atoms with E-state index in [1.54, 1.807) is 48.7 Å². The molecule has 1 aromatic heterocycles. The Kier molecular flexibility index (Phi) is 5.43. The van der Waals surface area contributed by atoms with Gasteiger partial charge in [0.2, 0.25) is 0 Å². The average molecular weight is 420 g/mol. The third-order valence-electron chi connectivity index (χ3n) is 4.03. The number of nitrogens with one attached hydrogen (secondary N) is 1. The number of rotatable bonds is 4. The van der Waals surface area contributed by atoms with Gasteiger partial charge in [-0.1, -0.05) is 18.2 Å². The summed E-state index contributed by atoms with van der Waals surface area (Å²) in [5, 5.41) is 2.52. The molecule has 0 spiro atoms. The predicted molar refractivity (Wildman–Crippen MR) is 102 cm³/mol. The number of aromatic nitrogens is 1. The highest BCUT2D eigenvalue weighted by molar-refractivity contribution is 7.90. The fourth-order valence-corrected chi connectivity index (χ4v) is 3.60. The van der Waals surface area contributed by atoms with Crippen molar-refractivity contribution >= 4 is 21.4 Å². The van der Waals surface area contributed by atoms with Crippen LogP contribution in [0, 0.1) is 0 Å². The number of carbonyl (C=O) groups excluding carboxylic acids is 1. The topological polar surface area (TPSA) is 76.1 Å². The van der Waals surface area contributed by atoms with Crippen molar-refractivity contribution in [3.05, 3.63) is 78.0 Å². The molecule has 9 heteroatoms. The zero-order valence-corrected chi connectivity index (χ0v) is 15.9. The van der Waals surface area contributed by atoms with Gasteiger partial charge >= 0.3 is 6.18 Å². The Labute approximate surface area is 165 Å². The van der Waals surface area contributed by atoms with Crippen LogP contribution in [0.3, 0.4) is 0 Å². The number of hydrogen-bond donors (Lipinski definition) is 1. The molecule has 150 valence electrons. The van der Waals surface area contributed by atoms with E-state index in [9.17, 15) is 26.4 Å². The SMILES string of the molecule is CS(=O)(=O)c1ccc(C(=O)Nc2cccc(-c3ccccn3)c2)cc1C(F)(F)F. The molecule has 0 unspecified atom stereocenters. The average Bonchev–Trinajstić information content (AvgIpc) is 2.67. The number of carbonyl (C=O) groups is 1. The summed E-state index contributed by atoms with van der Waals surface area (Å²) in [6, 6.07) is 14.4. The third kappa shape index (κ3) is 4.80. The van der Waals surface area contributed by atoms with Crippen LogP contribution >= 0.6 is 0 Å². The van der Waals surface area contributed by atoms with Gasteiger partial charge in [0.25, 0.3) is 5.91 Å². The Balaban J connectivity index is 1.92. The summed E-state index contributed by atoms with van der Waals surface area (Å²) < 4.78 is 63.1. The summed E-state index contributed by atoms with van der Waals surface area (Å²) in [6.07, 6.45) is -2.63. The maximum absolute atomic E-state index is 13.3. The normalized spacial score (nSPS) is 11.9. The zero-order chi connectivity index (χ0) is 21.2. The van der Waals surface area contributed by atoms with Crippen LogP contribution in [0.2, 0.25) is 0 Å². The van der Waals surface area contributed by atoms with E-state index >= 15 is 0 Å². The molecule has 1 N–H and O–H groups in total. The summed E-state index contributed by atoms with van der Waals surface area (Å²) in [4.78, 5) is 15.8. The first kappa shape index (κ1) is 20.5. The maximum atomic E-state index is 13.3. The van der Waals surface area contributed by atoms with E-state index in [1.165, 1.54) is 0 Å². The van der Waals surface area contributed by atoms with E-state index in [-0.39, 0.29) is 5.56 Å². The summed E-state index contributed by atoms with van der Waals surface area (Å²) in [6.45, 7) is 0. The molecule has 29 heavy (non-hydrogen) atoms. The van der Waals surface area contributed by atoms with Crippen LogP contribution in [0.25, 0.3) is 11.3 Å². The number of benzene rings is 2. The van der Waals surface area contributed by atoms with Crippen molar-refractivity contribution in [2.45, 2.75) is 11.1 Å². The Bertz CT molecular complexity index is 1160. The standard InChI is InChI=1S/C20H15F3N2O3S/c1-29(27,28)18-9-8-14(12-16(18)20(21,22)23)19(26)25-15-6-4-5-13(11-15)17-7-2-3-10-24-17/h2-12H,1H3,(H,25,26). The first-order valence-corrected chi connectivity index (χ1v) is 10.2. The molecule has 0 radical (unpaired) electrons. The van der Waals surface area contributed by atoms with E-state index in [2.05, 4.69) is 10.3 Å². The van der Waals surface area contributed by atoms with Crippen molar-refractivity contribution in [1.82, 2.24) is 4.98 Å². The molecule has 0 aliphatic rings. The van der Waals surface area contributed by atoms with Crippen molar-refractivity contribution in [2.75, 3.05) is 11.6 Å². The smallest absolute Gasteiger partial charge is 0.322 e. The highest BCUT2D eigenvalue weighted by Gasteiger charge is 2.36. The number of anilines is 1. The van der Waals surface area contributed by atoms with Crippen molar-refractivity contribution in [2.24, 2.45) is 0 Å². The molecule has 0 fully saturated rings. The van der Waals surface area contributed by atoms with Crippen molar-refractivity contribution in [1.29, 1.82) is 0 Å². The van der Waals surface area contributed by atoms with Crippen LogP contribution in [0.5, 0.6) is 0 Å². The van der Waals surface area contributed by atoms with Gasteiger partial charge in [0.1, 0.15) is 0 Å². The van der Waals surface area contributed by atoms with Crippen LogP contribution in [-0.4, -0.2) is 25.6 Å². The van der Waals surface area contributed by atoms with Gasteiger partial charge < -0.3 is 5.32 Å². The fraction of sp³-hybridized carbons (Fsp3) is 0.100. The second-order valence-electron chi connectivity index (χ2n) is 6.23. The monoisotopic (exact) mass is 420 g/mol. The van der Waals surface area contributed by atoms with Gasteiger partial charge in [-0.05, 0) is 42.5 Å². The largest absolute Gasteiger partial charge is 0.417 e. The van der Waals surface area contributed by atoms with Crippen LogP contribution in [0.15, 0.2) is 71.8 Å². The molecule has 0 aliphatic heterocycles. The van der Waals surface area contributed by atoms with Crippen LogP contribution in [0.4, 0.5) is 18.9 Å². The number of halogens is 3. The third-order valence-corrected chi connectivity index (χ3v) is 5.18. The zero-order valence-electron chi connectivity index (χ0n) is 15.1. The number of alkyl halides is 3. The van der Waals surface area contributed by atoms with E-state index in [1.807, 2.05) is 0 Å². The number of hydrogen-bond acceptors (Lipinski definition) is 4. The van der Waals surface area contributed by atoms with Gasteiger partial charge in [0, 0.05) is 29.3 Å². The summed E-state index contributed by atoms with van der Waals surface area (Å²) >= 11 is 0. The molecule has 0 aliphatic carbocycles. The van der Waals surface area contributed by atoms with Gasteiger partial charge in [0.05, 0.1) is 16.2 Å². The lowest BCUT2D eigenvalue weighted by atomic mass is 10.1. The summed E-state index contributed by atoms with van der Waals surface area (Å²) in [7, 11) is -4.11. The minimum Gasteiger partial charge on any atom is -0.322 e. The predicted octanol–water partition coefficient (Wildman–Crippen LogP) is 4.42. The van der Waals surface area contributed by atoms with Crippen LogP contribution in [-0.2, 0) is 16.0 Å². The lowest BCUT2D eigenvalue weighted by Gasteiger charge is -2.13. The van der Waals surface area contributed by atoms with E-state index in [4.69, 9.17) is 0 Å². The molecule has 3 aromatic rings. The second kappa shape index (κ2) is 7.67. The molecule has 0 bridgehead atoms. The molecule has 2 aromatic carbocycles. The lowest BCUT2D eigenvalue weighted by Crippen LogP contribution is -2.17. The van der Waals surface area contributed by atoms with Gasteiger partial charge in [-0.25, -0.2) is 8.42 Å². The minimum absolute atomic E-state index is 0.312. The molecular formula is C20H15F3N2O3S.